The highest BCUT2D eigenvalue weighted by Crippen LogP contribution is 2.38. The first kappa shape index (κ1) is 14.9. The van der Waals surface area contributed by atoms with Gasteiger partial charge in [0.15, 0.2) is 0 Å². The Balaban J connectivity index is 1.61. The fourth-order valence-corrected chi connectivity index (χ4v) is 3.54. The molecule has 4 rings (SSSR count). The molecule has 0 aromatic heterocycles. The van der Waals surface area contributed by atoms with Gasteiger partial charge in [0.25, 0.3) is 0 Å². The lowest BCUT2D eigenvalue weighted by Gasteiger charge is -2.21. The van der Waals surface area contributed by atoms with Crippen molar-refractivity contribution in [1.82, 2.24) is 0 Å². The third-order valence-corrected chi connectivity index (χ3v) is 4.84. The third-order valence-electron chi connectivity index (χ3n) is 4.84. The second-order valence-corrected chi connectivity index (χ2v) is 6.42. The van der Waals surface area contributed by atoms with Gasteiger partial charge in [0.1, 0.15) is 11.9 Å². The highest BCUT2D eigenvalue weighted by molar-refractivity contribution is 5.98. The molecule has 1 aliphatic carbocycles. The van der Waals surface area contributed by atoms with Crippen LogP contribution in [0.1, 0.15) is 24.8 Å². The van der Waals surface area contributed by atoms with Gasteiger partial charge in [-0.2, -0.15) is 0 Å². The zero-order chi connectivity index (χ0) is 16.5. The van der Waals surface area contributed by atoms with Gasteiger partial charge in [-0.05, 0) is 29.2 Å². The summed E-state index contributed by atoms with van der Waals surface area (Å²) >= 11 is 0. The fourth-order valence-electron chi connectivity index (χ4n) is 3.54. The first-order chi connectivity index (χ1) is 11.7. The second kappa shape index (κ2) is 6.08. The van der Waals surface area contributed by atoms with Crippen LogP contribution < -0.4 is 0 Å². The Labute approximate surface area is 141 Å². The Kier molecular flexibility index (Phi) is 3.77. The van der Waals surface area contributed by atoms with Crippen molar-refractivity contribution in [3.63, 3.8) is 0 Å². The molecule has 2 aromatic carbocycles. The van der Waals surface area contributed by atoms with E-state index in [1.807, 2.05) is 48.5 Å². The van der Waals surface area contributed by atoms with Gasteiger partial charge in [-0.3, -0.25) is 4.79 Å². The summed E-state index contributed by atoms with van der Waals surface area (Å²) in [6, 6.07) is 18.3. The predicted molar refractivity (Wildman–Crippen MR) is 92.1 cm³/mol. The van der Waals surface area contributed by atoms with Crippen molar-refractivity contribution in [2.75, 3.05) is 0 Å². The molecular weight excluding hydrogens is 300 g/mol. The van der Waals surface area contributed by atoms with Gasteiger partial charge in [0.2, 0.25) is 0 Å². The number of hydrogen-bond acceptors (Lipinski definition) is 3. The first-order valence-electron chi connectivity index (χ1n) is 8.30. The standard InChI is InChI=1S/C21H18O3/c22-17-10-11-20-18(13-17)19(21(23)24-20)12-14-6-8-16(9-7-14)15-4-2-1-3-5-15/h1-9,12,18,20H,10-11,13H2/b19-12-/t18-,20-/m1/s1. The molecule has 2 aromatic rings. The molecule has 0 amide bonds. The summed E-state index contributed by atoms with van der Waals surface area (Å²) in [5.41, 5.74) is 3.90. The van der Waals surface area contributed by atoms with Gasteiger partial charge in [-0.1, -0.05) is 54.6 Å². The molecule has 1 heterocycles. The Bertz CT molecular complexity index is 803. The normalized spacial score (nSPS) is 24.8. The van der Waals surface area contributed by atoms with Crippen LogP contribution in [0.4, 0.5) is 0 Å². The lowest BCUT2D eigenvalue weighted by molar-refractivity contribution is -0.141. The summed E-state index contributed by atoms with van der Waals surface area (Å²) in [7, 11) is 0. The molecule has 1 saturated carbocycles. The Hall–Kier alpha value is -2.68. The number of Topliss-reactive ketones (excluding diaryl/α,β-unsaturated/α-hetero) is 1. The molecule has 0 bridgehead atoms. The van der Waals surface area contributed by atoms with Crippen LogP contribution >= 0.6 is 0 Å². The van der Waals surface area contributed by atoms with Gasteiger partial charge in [-0.25, -0.2) is 4.79 Å². The van der Waals surface area contributed by atoms with Crippen molar-refractivity contribution in [3.05, 3.63) is 65.7 Å². The van der Waals surface area contributed by atoms with Crippen LogP contribution in [0, 0.1) is 5.92 Å². The molecule has 3 nitrogen and oxygen atoms in total. The van der Waals surface area contributed by atoms with Crippen LogP contribution in [0.3, 0.4) is 0 Å². The largest absolute Gasteiger partial charge is 0.458 e. The van der Waals surface area contributed by atoms with Crippen LogP contribution in [0.2, 0.25) is 0 Å². The highest BCUT2D eigenvalue weighted by atomic mass is 16.6. The van der Waals surface area contributed by atoms with Crippen molar-refractivity contribution < 1.29 is 14.3 Å². The van der Waals surface area contributed by atoms with Crippen molar-refractivity contribution in [2.24, 2.45) is 5.92 Å². The molecule has 1 saturated heterocycles. The summed E-state index contributed by atoms with van der Waals surface area (Å²) in [5.74, 6) is -0.126. The number of carbonyl (C=O) groups is 2. The second-order valence-electron chi connectivity index (χ2n) is 6.42. The summed E-state index contributed by atoms with van der Waals surface area (Å²) in [4.78, 5) is 23.9. The lowest BCUT2D eigenvalue weighted by Crippen LogP contribution is -2.26. The van der Waals surface area contributed by atoms with Gasteiger partial charge in [-0.15, -0.1) is 0 Å². The third kappa shape index (κ3) is 2.78. The highest BCUT2D eigenvalue weighted by Gasteiger charge is 2.43. The number of carbonyl (C=O) groups excluding carboxylic acids is 2. The van der Waals surface area contributed by atoms with E-state index in [9.17, 15) is 9.59 Å². The zero-order valence-corrected chi connectivity index (χ0v) is 13.3. The van der Waals surface area contributed by atoms with Gasteiger partial charge >= 0.3 is 5.97 Å². The maximum atomic E-state index is 12.1. The number of fused-ring (bicyclic) bond motifs is 1. The molecule has 0 unspecified atom stereocenters. The lowest BCUT2D eigenvalue weighted by atomic mass is 9.82. The van der Waals surface area contributed by atoms with Crippen LogP contribution in [0.15, 0.2) is 60.2 Å². The summed E-state index contributed by atoms with van der Waals surface area (Å²) in [5, 5.41) is 0. The number of rotatable bonds is 2. The maximum Gasteiger partial charge on any atom is 0.334 e. The SMILES string of the molecule is O=C1CC[C@H]2OC(=O)/C(=C\c3ccc(-c4ccccc4)cc3)[C@H]2C1. The van der Waals surface area contributed by atoms with Crippen LogP contribution in [-0.2, 0) is 14.3 Å². The van der Waals surface area contributed by atoms with E-state index in [-0.39, 0.29) is 23.8 Å². The smallest absolute Gasteiger partial charge is 0.334 e. The first-order valence-corrected chi connectivity index (χ1v) is 8.30. The quantitative estimate of drug-likeness (QED) is 0.620. The molecule has 2 aliphatic rings. The van der Waals surface area contributed by atoms with E-state index in [1.54, 1.807) is 0 Å². The minimum atomic E-state index is -0.271. The summed E-state index contributed by atoms with van der Waals surface area (Å²) in [6.45, 7) is 0. The van der Waals surface area contributed by atoms with Crippen molar-refractivity contribution in [2.45, 2.75) is 25.4 Å². The summed E-state index contributed by atoms with van der Waals surface area (Å²) in [6.07, 6.45) is 3.35. The van der Waals surface area contributed by atoms with Gasteiger partial charge in [0.05, 0.1) is 0 Å². The van der Waals surface area contributed by atoms with E-state index in [0.29, 0.717) is 24.8 Å². The molecule has 0 radical (unpaired) electrons. The van der Waals surface area contributed by atoms with Crippen molar-refractivity contribution in [3.8, 4) is 11.1 Å². The zero-order valence-electron chi connectivity index (χ0n) is 13.3. The molecule has 1 aliphatic heterocycles. The van der Waals surface area contributed by atoms with Crippen molar-refractivity contribution in [1.29, 1.82) is 0 Å². The molecule has 0 N–H and O–H groups in total. The van der Waals surface area contributed by atoms with Crippen LogP contribution in [0.5, 0.6) is 0 Å². The number of ketones is 1. The Morgan fingerprint density at radius 1 is 0.917 bits per heavy atom. The van der Waals surface area contributed by atoms with E-state index >= 15 is 0 Å². The molecular formula is C21H18O3. The number of ether oxygens (including phenoxy) is 1. The van der Waals surface area contributed by atoms with E-state index in [0.717, 1.165) is 16.7 Å². The molecule has 0 spiro atoms. The maximum absolute atomic E-state index is 12.1. The minimum Gasteiger partial charge on any atom is -0.458 e. The van der Waals surface area contributed by atoms with Crippen LogP contribution in [0.25, 0.3) is 17.2 Å². The fraction of sp³-hybridized carbons (Fsp3) is 0.238. The Morgan fingerprint density at radius 2 is 1.62 bits per heavy atom. The topological polar surface area (TPSA) is 43.4 Å². The summed E-state index contributed by atoms with van der Waals surface area (Å²) < 4.78 is 5.43. The number of esters is 1. The average molecular weight is 318 g/mol. The minimum absolute atomic E-state index is 0.0763. The predicted octanol–water partition coefficient (Wildman–Crippen LogP) is 4.03. The average Bonchev–Trinajstić information content (AvgIpc) is 2.92. The molecule has 2 atom stereocenters. The van der Waals surface area contributed by atoms with E-state index in [1.165, 1.54) is 0 Å². The van der Waals surface area contributed by atoms with E-state index < -0.39 is 0 Å². The van der Waals surface area contributed by atoms with E-state index in [2.05, 4.69) is 12.1 Å². The molecule has 120 valence electrons. The number of benzene rings is 2. The molecule has 3 heteroatoms. The van der Waals surface area contributed by atoms with Crippen LogP contribution in [-0.4, -0.2) is 17.9 Å². The van der Waals surface area contributed by atoms with Crippen molar-refractivity contribution >= 4 is 17.8 Å². The molecule has 2 fully saturated rings. The Morgan fingerprint density at radius 3 is 2.38 bits per heavy atom. The molecule has 24 heavy (non-hydrogen) atoms. The van der Waals surface area contributed by atoms with E-state index in [4.69, 9.17) is 4.74 Å². The van der Waals surface area contributed by atoms with Gasteiger partial charge < -0.3 is 4.74 Å². The van der Waals surface area contributed by atoms with Gasteiger partial charge in [0, 0.05) is 24.3 Å². The number of hydrogen-bond donors (Lipinski definition) is 0. The monoisotopic (exact) mass is 318 g/mol.